The molecule has 0 aliphatic rings. The van der Waals surface area contributed by atoms with Gasteiger partial charge in [-0.3, -0.25) is 4.90 Å². The van der Waals surface area contributed by atoms with Gasteiger partial charge in [0.25, 0.3) is 0 Å². The van der Waals surface area contributed by atoms with Crippen molar-refractivity contribution in [3.05, 3.63) is 64.1 Å². The number of amides is 2. The lowest BCUT2D eigenvalue weighted by molar-refractivity contribution is 0.246. The van der Waals surface area contributed by atoms with Gasteiger partial charge >= 0.3 is 6.03 Å². The third-order valence-electron chi connectivity index (χ3n) is 3.50. The van der Waals surface area contributed by atoms with E-state index < -0.39 is 0 Å². The molecule has 2 rings (SSSR count). The van der Waals surface area contributed by atoms with Crippen LogP contribution in [0.3, 0.4) is 0 Å². The maximum absolute atomic E-state index is 12.4. The van der Waals surface area contributed by atoms with Gasteiger partial charge in [0, 0.05) is 23.2 Å². The minimum atomic E-state index is -0.0554. The van der Waals surface area contributed by atoms with Gasteiger partial charge in [-0.1, -0.05) is 46.3 Å². The Hall–Kier alpha value is -1.81. The molecule has 0 aliphatic carbocycles. The normalized spacial score (nSPS) is 10.3. The second-order valence-corrected chi connectivity index (χ2v) is 6.01. The molecule has 0 unspecified atom stereocenters. The highest BCUT2D eigenvalue weighted by atomic mass is 79.9. The Labute approximate surface area is 140 Å². The number of carbonyl (C=O) groups excluding carboxylic acids is 1. The number of nitrogens with one attached hydrogen (secondary N) is 1. The maximum atomic E-state index is 12.4. The van der Waals surface area contributed by atoms with E-state index in [1.165, 1.54) is 5.56 Å². The third-order valence-corrected chi connectivity index (χ3v) is 4.28. The van der Waals surface area contributed by atoms with Crippen LogP contribution in [0.2, 0.25) is 0 Å². The number of hydrogen-bond acceptors (Lipinski definition) is 1. The molecule has 0 radical (unpaired) electrons. The molecule has 0 fully saturated rings. The Morgan fingerprint density at radius 1 is 1.18 bits per heavy atom. The summed E-state index contributed by atoms with van der Waals surface area (Å²) >= 11 is 3.53. The van der Waals surface area contributed by atoms with Crippen molar-refractivity contribution >= 4 is 27.6 Å². The summed E-state index contributed by atoms with van der Waals surface area (Å²) < 4.78 is 1.08. The fraction of sp³-hybridized carbons (Fsp3) is 0.278. The molecule has 0 saturated heterocycles. The predicted molar refractivity (Wildman–Crippen MR) is 95.4 cm³/mol. The van der Waals surface area contributed by atoms with Crippen molar-refractivity contribution in [1.82, 2.24) is 5.32 Å². The molecule has 0 atom stereocenters. The molecule has 22 heavy (non-hydrogen) atoms. The van der Waals surface area contributed by atoms with E-state index >= 15 is 0 Å². The van der Waals surface area contributed by atoms with E-state index in [4.69, 9.17) is 0 Å². The zero-order valence-corrected chi connectivity index (χ0v) is 14.6. The Morgan fingerprint density at radius 3 is 2.64 bits per heavy atom. The number of benzene rings is 2. The summed E-state index contributed by atoms with van der Waals surface area (Å²) in [7, 11) is 0. The van der Waals surface area contributed by atoms with E-state index in [0.29, 0.717) is 13.1 Å². The van der Waals surface area contributed by atoms with Crippen LogP contribution in [0.15, 0.2) is 53.0 Å². The number of anilines is 1. The molecule has 0 spiro atoms. The highest BCUT2D eigenvalue weighted by Crippen LogP contribution is 2.17. The number of carbonyl (C=O) groups is 1. The molecular weight excluding hydrogens is 340 g/mol. The standard InChI is InChI=1S/C18H21BrN2O/c1-3-21(16-9-6-7-14(2)13-16)18(22)20-12-11-15-8-4-5-10-17(15)19/h4-10,13H,3,11-12H2,1-2H3,(H,20,22). The quantitative estimate of drug-likeness (QED) is 0.833. The lowest BCUT2D eigenvalue weighted by atomic mass is 10.1. The van der Waals surface area contributed by atoms with Gasteiger partial charge in [-0.05, 0) is 49.6 Å². The SMILES string of the molecule is CCN(C(=O)NCCc1ccccc1Br)c1cccc(C)c1. The van der Waals surface area contributed by atoms with E-state index in [-0.39, 0.29) is 6.03 Å². The van der Waals surface area contributed by atoms with Gasteiger partial charge in [0.1, 0.15) is 0 Å². The fourth-order valence-corrected chi connectivity index (χ4v) is 2.82. The van der Waals surface area contributed by atoms with Crippen LogP contribution >= 0.6 is 15.9 Å². The summed E-state index contributed by atoms with van der Waals surface area (Å²) in [6.07, 6.45) is 0.804. The second-order valence-electron chi connectivity index (χ2n) is 5.16. The minimum absolute atomic E-state index is 0.0554. The highest BCUT2D eigenvalue weighted by molar-refractivity contribution is 9.10. The molecule has 2 amide bonds. The Balaban J connectivity index is 1.94. The van der Waals surface area contributed by atoms with E-state index in [2.05, 4.69) is 27.3 Å². The van der Waals surface area contributed by atoms with Crippen LogP contribution in [0.4, 0.5) is 10.5 Å². The number of hydrogen-bond donors (Lipinski definition) is 1. The molecule has 0 saturated carbocycles. The van der Waals surface area contributed by atoms with Crippen molar-refractivity contribution in [3.63, 3.8) is 0 Å². The smallest absolute Gasteiger partial charge is 0.321 e. The minimum Gasteiger partial charge on any atom is -0.337 e. The van der Waals surface area contributed by atoms with Crippen LogP contribution in [0.5, 0.6) is 0 Å². The molecule has 116 valence electrons. The molecule has 0 heterocycles. The zero-order chi connectivity index (χ0) is 15.9. The first kappa shape index (κ1) is 16.6. The van der Waals surface area contributed by atoms with Crippen LogP contribution in [0.1, 0.15) is 18.1 Å². The Kier molecular flexibility index (Phi) is 6.01. The van der Waals surface area contributed by atoms with Crippen molar-refractivity contribution in [1.29, 1.82) is 0 Å². The summed E-state index contributed by atoms with van der Waals surface area (Å²) in [4.78, 5) is 14.1. The van der Waals surface area contributed by atoms with Crippen molar-refractivity contribution < 1.29 is 4.79 Å². The largest absolute Gasteiger partial charge is 0.337 e. The first-order valence-corrected chi connectivity index (χ1v) is 8.26. The first-order chi connectivity index (χ1) is 10.6. The van der Waals surface area contributed by atoms with E-state index in [1.54, 1.807) is 4.90 Å². The molecule has 2 aromatic carbocycles. The second kappa shape index (κ2) is 7.99. The highest BCUT2D eigenvalue weighted by Gasteiger charge is 2.13. The van der Waals surface area contributed by atoms with Crippen molar-refractivity contribution in [2.24, 2.45) is 0 Å². The van der Waals surface area contributed by atoms with Gasteiger partial charge in [-0.25, -0.2) is 4.79 Å². The molecule has 1 N–H and O–H groups in total. The number of rotatable bonds is 5. The van der Waals surface area contributed by atoms with Gasteiger partial charge in [0.2, 0.25) is 0 Å². The monoisotopic (exact) mass is 360 g/mol. The van der Waals surface area contributed by atoms with E-state index in [0.717, 1.165) is 22.1 Å². The van der Waals surface area contributed by atoms with Crippen LogP contribution in [0, 0.1) is 6.92 Å². The average Bonchev–Trinajstić information content (AvgIpc) is 2.50. The number of nitrogens with zero attached hydrogens (tertiary/aromatic N) is 1. The number of urea groups is 1. The molecule has 0 bridgehead atoms. The topological polar surface area (TPSA) is 32.3 Å². The molecule has 0 aromatic heterocycles. The van der Waals surface area contributed by atoms with Gasteiger partial charge in [0.15, 0.2) is 0 Å². The van der Waals surface area contributed by atoms with Crippen LogP contribution in [0.25, 0.3) is 0 Å². The number of aryl methyl sites for hydroxylation is 1. The van der Waals surface area contributed by atoms with Gasteiger partial charge in [-0.2, -0.15) is 0 Å². The maximum Gasteiger partial charge on any atom is 0.321 e. The number of halogens is 1. The molecule has 2 aromatic rings. The predicted octanol–water partition coefficient (Wildman–Crippen LogP) is 4.54. The summed E-state index contributed by atoms with van der Waals surface area (Å²) in [6.45, 7) is 5.27. The first-order valence-electron chi connectivity index (χ1n) is 7.47. The molecular formula is C18H21BrN2O. The van der Waals surface area contributed by atoms with E-state index in [9.17, 15) is 4.79 Å². The lowest BCUT2D eigenvalue weighted by Crippen LogP contribution is -2.40. The molecule has 0 aliphatic heterocycles. The Bertz CT molecular complexity index is 642. The summed E-state index contributed by atoms with van der Waals surface area (Å²) in [5, 5.41) is 2.99. The lowest BCUT2D eigenvalue weighted by Gasteiger charge is -2.22. The van der Waals surface area contributed by atoms with Gasteiger partial charge < -0.3 is 5.32 Å². The van der Waals surface area contributed by atoms with E-state index in [1.807, 2.05) is 56.3 Å². The molecule has 4 heteroatoms. The third kappa shape index (κ3) is 4.34. The summed E-state index contributed by atoms with van der Waals surface area (Å²) in [5.41, 5.74) is 3.28. The summed E-state index contributed by atoms with van der Waals surface area (Å²) in [5.74, 6) is 0. The Morgan fingerprint density at radius 2 is 1.95 bits per heavy atom. The van der Waals surface area contributed by atoms with Crippen molar-refractivity contribution in [3.8, 4) is 0 Å². The fourth-order valence-electron chi connectivity index (χ4n) is 2.34. The van der Waals surface area contributed by atoms with Crippen LogP contribution < -0.4 is 10.2 Å². The van der Waals surface area contributed by atoms with Gasteiger partial charge in [0.05, 0.1) is 0 Å². The van der Waals surface area contributed by atoms with Crippen molar-refractivity contribution in [2.75, 3.05) is 18.0 Å². The average molecular weight is 361 g/mol. The molecule has 3 nitrogen and oxygen atoms in total. The van der Waals surface area contributed by atoms with Crippen LogP contribution in [-0.4, -0.2) is 19.1 Å². The summed E-state index contributed by atoms with van der Waals surface area (Å²) in [6, 6.07) is 16.0. The van der Waals surface area contributed by atoms with Gasteiger partial charge in [-0.15, -0.1) is 0 Å². The van der Waals surface area contributed by atoms with Crippen molar-refractivity contribution in [2.45, 2.75) is 20.3 Å². The van der Waals surface area contributed by atoms with Crippen LogP contribution in [-0.2, 0) is 6.42 Å². The zero-order valence-electron chi connectivity index (χ0n) is 13.0.